The van der Waals surface area contributed by atoms with Gasteiger partial charge in [-0.3, -0.25) is 0 Å². The molecular formula is C30H44O2. The quantitative estimate of drug-likeness (QED) is 0.196. The fourth-order valence-corrected chi connectivity index (χ4v) is 5.02. The van der Waals surface area contributed by atoms with Gasteiger partial charge in [0, 0.05) is 0 Å². The highest BCUT2D eigenvalue weighted by Gasteiger charge is 2.32. The molecule has 1 aromatic carbocycles. The number of hydrogen-bond donors (Lipinski definition) is 0. The van der Waals surface area contributed by atoms with Crippen LogP contribution in [0, 0.1) is 12.3 Å². The van der Waals surface area contributed by atoms with Gasteiger partial charge in [-0.25, -0.2) is 4.79 Å². The van der Waals surface area contributed by atoms with Crippen LogP contribution in [0.25, 0.3) is 5.57 Å². The Bertz CT molecular complexity index is 867. The van der Waals surface area contributed by atoms with Crippen molar-refractivity contribution in [1.29, 1.82) is 0 Å². The van der Waals surface area contributed by atoms with E-state index in [1.54, 1.807) is 0 Å². The van der Waals surface area contributed by atoms with Crippen molar-refractivity contribution in [3.05, 3.63) is 64.3 Å². The van der Waals surface area contributed by atoms with E-state index in [1.807, 2.05) is 18.2 Å². The van der Waals surface area contributed by atoms with Crippen molar-refractivity contribution in [3.63, 3.8) is 0 Å². The molecule has 2 rings (SSSR count). The highest BCUT2D eigenvalue weighted by molar-refractivity contribution is 5.92. The second kappa shape index (κ2) is 12.2. The second-order valence-corrected chi connectivity index (χ2v) is 10.1. The Labute approximate surface area is 196 Å². The fraction of sp³-hybridized carbons (Fsp3) is 0.567. The van der Waals surface area contributed by atoms with Gasteiger partial charge in [0.2, 0.25) is 0 Å². The summed E-state index contributed by atoms with van der Waals surface area (Å²) in [6, 6.07) is 6.01. The van der Waals surface area contributed by atoms with Gasteiger partial charge in [0.25, 0.3) is 0 Å². The van der Waals surface area contributed by atoms with Crippen LogP contribution in [0.2, 0.25) is 0 Å². The molecule has 0 unspecified atom stereocenters. The minimum Gasteiger partial charge on any atom is -0.462 e. The first kappa shape index (κ1) is 26.2. The highest BCUT2D eigenvalue weighted by Crippen LogP contribution is 2.48. The van der Waals surface area contributed by atoms with Crippen molar-refractivity contribution in [2.75, 3.05) is 6.61 Å². The third kappa shape index (κ3) is 6.70. The third-order valence-electron chi connectivity index (χ3n) is 6.87. The van der Waals surface area contributed by atoms with E-state index >= 15 is 0 Å². The summed E-state index contributed by atoms with van der Waals surface area (Å²) in [4.78, 5) is 12.6. The standard InChI is InChI=1S/C30H44O2/c1-8-10-11-12-13-14-20-32-29(31)25-17-18-26(24(5)21-25)27(22(3)9-2)28-23(4)16-15-19-30(28,6)7/h9,17-18,21H,2,8,10-16,19-20H2,1,3-7H3. The van der Waals surface area contributed by atoms with Crippen molar-refractivity contribution in [1.82, 2.24) is 0 Å². The van der Waals surface area contributed by atoms with Gasteiger partial charge < -0.3 is 4.74 Å². The molecule has 2 nitrogen and oxygen atoms in total. The average Bonchev–Trinajstić information content (AvgIpc) is 2.75. The van der Waals surface area contributed by atoms with Crippen LogP contribution in [0.1, 0.15) is 114 Å². The molecule has 1 aromatic rings. The number of unbranched alkanes of at least 4 members (excludes halogenated alkanes) is 5. The average molecular weight is 437 g/mol. The maximum Gasteiger partial charge on any atom is 0.338 e. The molecule has 32 heavy (non-hydrogen) atoms. The molecule has 0 bridgehead atoms. The molecule has 0 aromatic heterocycles. The maximum atomic E-state index is 12.6. The Morgan fingerprint density at radius 1 is 1.12 bits per heavy atom. The smallest absolute Gasteiger partial charge is 0.338 e. The van der Waals surface area contributed by atoms with E-state index in [9.17, 15) is 4.79 Å². The van der Waals surface area contributed by atoms with Gasteiger partial charge in [-0.15, -0.1) is 0 Å². The second-order valence-electron chi connectivity index (χ2n) is 10.1. The van der Waals surface area contributed by atoms with Crippen molar-refractivity contribution < 1.29 is 9.53 Å². The van der Waals surface area contributed by atoms with E-state index in [0.717, 1.165) is 24.8 Å². The lowest BCUT2D eigenvalue weighted by molar-refractivity contribution is 0.0497. The first-order chi connectivity index (χ1) is 15.2. The van der Waals surface area contributed by atoms with Gasteiger partial charge in [0.05, 0.1) is 12.2 Å². The van der Waals surface area contributed by atoms with Crippen LogP contribution < -0.4 is 0 Å². The van der Waals surface area contributed by atoms with Gasteiger partial charge >= 0.3 is 5.97 Å². The van der Waals surface area contributed by atoms with Gasteiger partial charge in [0.15, 0.2) is 0 Å². The molecule has 0 heterocycles. The SMILES string of the molecule is C=CC(C)=C(C1=C(C)CCCC1(C)C)c1ccc(C(=O)OCCCCCCCC)cc1C. The first-order valence-corrected chi connectivity index (χ1v) is 12.5. The molecular weight excluding hydrogens is 392 g/mol. The number of aryl methyl sites for hydroxylation is 1. The van der Waals surface area contributed by atoms with E-state index in [1.165, 1.54) is 66.4 Å². The summed E-state index contributed by atoms with van der Waals surface area (Å²) < 4.78 is 5.55. The van der Waals surface area contributed by atoms with Gasteiger partial charge in [-0.05, 0) is 91.8 Å². The molecule has 0 fully saturated rings. The summed E-state index contributed by atoms with van der Waals surface area (Å²) >= 11 is 0. The summed E-state index contributed by atoms with van der Waals surface area (Å²) in [5.41, 5.74) is 8.46. The first-order valence-electron chi connectivity index (χ1n) is 12.5. The number of benzene rings is 1. The Morgan fingerprint density at radius 3 is 2.44 bits per heavy atom. The minimum atomic E-state index is -0.215. The van der Waals surface area contributed by atoms with Crippen molar-refractivity contribution in [2.45, 2.75) is 99.3 Å². The lowest BCUT2D eigenvalue weighted by Crippen LogP contribution is -2.22. The Kier molecular flexibility index (Phi) is 10.0. The van der Waals surface area contributed by atoms with E-state index in [2.05, 4.69) is 54.2 Å². The van der Waals surface area contributed by atoms with E-state index < -0.39 is 0 Å². The lowest BCUT2D eigenvalue weighted by atomic mass is 9.67. The number of esters is 1. The molecule has 1 aliphatic rings. The molecule has 2 heteroatoms. The number of ether oxygens (including phenoxy) is 1. The van der Waals surface area contributed by atoms with Crippen molar-refractivity contribution in [2.24, 2.45) is 5.41 Å². The molecule has 0 N–H and O–H groups in total. The summed E-state index contributed by atoms with van der Waals surface area (Å²) in [5.74, 6) is -0.215. The Hall–Kier alpha value is -2.09. The topological polar surface area (TPSA) is 26.3 Å². The third-order valence-corrected chi connectivity index (χ3v) is 6.87. The van der Waals surface area contributed by atoms with Crippen molar-refractivity contribution in [3.8, 4) is 0 Å². The summed E-state index contributed by atoms with van der Waals surface area (Å²) in [5, 5.41) is 0. The van der Waals surface area contributed by atoms with Crippen LogP contribution in [0.5, 0.6) is 0 Å². The number of allylic oxidation sites excluding steroid dienone is 5. The predicted molar refractivity (Wildman–Crippen MR) is 138 cm³/mol. The van der Waals surface area contributed by atoms with Crippen molar-refractivity contribution >= 4 is 11.5 Å². The fourth-order valence-electron chi connectivity index (χ4n) is 5.02. The molecule has 0 spiro atoms. The van der Waals surface area contributed by atoms with Crippen LogP contribution >= 0.6 is 0 Å². The Morgan fingerprint density at radius 2 is 1.81 bits per heavy atom. The summed E-state index contributed by atoms with van der Waals surface area (Å²) in [7, 11) is 0. The summed E-state index contributed by atoms with van der Waals surface area (Å²) in [6.07, 6.45) is 12.7. The molecule has 0 atom stereocenters. The minimum absolute atomic E-state index is 0.128. The molecule has 0 aliphatic heterocycles. The number of hydrogen-bond acceptors (Lipinski definition) is 2. The predicted octanol–water partition coefficient (Wildman–Crippen LogP) is 9.00. The summed E-state index contributed by atoms with van der Waals surface area (Å²) in [6.45, 7) is 18.0. The molecule has 0 saturated carbocycles. The number of carbonyl (C=O) groups excluding carboxylic acids is 1. The lowest BCUT2D eigenvalue weighted by Gasteiger charge is -2.37. The highest BCUT2D eigenvalue weighted by atomic mass is 16.5. The van der Waals surface area contributed by atoms with Gasteiger partial charge in [-0.1, -0.05) is 77.2 Å². The zero-order chi connectivity index (χ0) is 23.7. The van der Waals surface area contributed by atoms with Crippen LogP contribution in [0.4, 0.5) is 0 Å². The molecule has 0 amide bonds. The van der Waals surface area contributed by atoms with Gasteiger partial charge in [-0.2, -0.15) is 0 Å². The molecule has 0 saturated heterocycles. The van der Waals surface area contributed by atoms with E-state index in [4.69, 9.17) is 4.74 Å². The number of rotatable bonds is 11. The monoisotopic (exact) mass is 436 g/mol. The zero-order valence-corrected chi connectivity index (χ0v) is 21.4. The largest absolute Gasteiger partial charge is 0.462 e. The molecule has 176 valence electrons. The zero-order valence-electron chi connectivity index (χ0n) is 21.4. The van der Waals surface area contributed by atoms with Crippen LogP contribution in [-0.4, -0.2) is 12.6 Å². The van der Waals surface area contributed by atoms with E-state index in [0.29, 0.717) is 12.2 Å². The molecule has 0 radical (unpaired) electrons. The molecule has 1 aliphatic carbocycles. The Balaban J connectivity index is 2.20. The van der Waals surface area contributed by atoms with Crippen LogP contribution in [0.15, 0.2) is 47.6 Å². The maximum absolute atomic E-state index is 12.6. The van der Waals surface area contributed by atoms with Crippen LogP contribution in [0.3, 0.4) is 0 Å². The normalized spacial score (nSPS) is 16.6. The van der Waals surface area contributed by atoms with Gasteiger partial charge in [0.1, 0.15) is 0 Å². The van der Waals surface area contributed by atoms with Crippen LogP contribution in [-0.2, 0) is 4.74 Å². The number of carbonyl (C=O) groups is 1. The van der Waals surface area contributed by atoms with E-state index in [-0.39, 0.29) is 11.4 Å².